The maximum atomic E-state index is 12.3. The number of hydrogen-bond donors (Lipinski definition) is 1. The number of rotatable bonds is 6. The third-order valence-electron chi connectivity index (χ3n) is 4.52. The summed E-state index contributed by atoms with van der Waals surface area (Å²) < 4.78 is 11.5. The Bertz CT molecular complexity index is 535. The monoisotopic (exact) mass is 318 g/mol. The van der Waals surface area contributed by atoms with Gasteiger partial charge in [-0.15, -0.1) is 0 Å². The second-order valence-electron chi connectivity index (χ2n) is 6.33. The second-order valence-corrected chi connectivity index (χ2v) is 6.33. The molecule has 2 aliphatic rings. The van der Waals surface area contributed by atoms with Crippen molar-refractivity contribution < 1.29 is 14.3 Å². The van der Waals surface area contributed by atoms with Crippen LogP contribution in [-0.4, -0.2) is 55.8 Å². The molecule has 1 N–H and O–H groups in total. The molecule has 1 aromatic carbocycles. The molecule has 0 saturated carbocycles. The van der Waals surface area contributed by atoms with E-state index in [9.17, 15) is 4.79 Å². The largest absolute Gasteiger partial charge is 0.494 e. The van der Waals surface area contributed by atoms with Crippen molar-refractivity contribution in [3.8, 4) is 5.75 Å². The number of benzene rings is 1. The van der Waals surface area contributed by atoms with E-state index in [4.69, 9.17) is 9.47 Å². The third-order valence-corrected chi connectivity index (χ3v) is 4.52. The number of nitrogens with one attached hydrogen (secondary N) is 1. The molecule has 2 unspecified atom stereocenters. The molecule has 1 aromatic rings. The maximum absolute atomic E-state index is 12.3. The number of ether oxygens (including phenoxy) is 2. The molecular weight excluding hydrogens is 292 g/mol. The van der Waals surface area contributed by atoms with E-state index in [0.717, 1.165) is 31.9 Å². The highest BCUT2D eigenvalue weighted by molar-refractivity contribution is 5.94. The van der Waals surface area contributed by atoms with Gasteiger partial charge in [0.1, 0.15) is 5.75 Å². The summed E-state index contributed by atoms with van der Waals surface area (Å²) in [6.45, 7) is 6.16. The summed E-state index contributed by atoms with van der Waals surface area (Å²) in [7, 11) is 0. The van der Waals surface area contributed by atoms with Crippen LogP contribution in [0.5, 0.6) is 5.75 Å². The van der Waals surface area contributed by atoms with Crippen molar-refractivity contribution in [1.82, 2.24) is 10.2 Å². The molecule has 1 amide bonds. The number of fused-ring (bicyclic) bond motifs is 1. The lowest BCUT2D eigenvalue weighted by molar-refractivity contribution is -0.0461. The van der Waals surface area contributed by atoms with Crippen molar-refractivity contribution in [1.29, 1.82) is 0 Å². The van der Waals surface area contributed by atoms with Gasteiger partial charge < -0.3 is 14.8 Å². The molecule has 3 rings (SSSR count). The molecule has 126 valence electrons. The summed E-state index contributed by atoms with van der Waals surface area (Å²) in [6, 6.07) is 7.93. The lowest BCUT2D eigenvalue weighted by atomic mass is 10.1. The van der Waals surface area contributed by atoms with Crippen molar-refractivity contribution in [2.24, 2.45) is 0 Å². The zero-order chi connectivity index (χ0) is 16.1. The smallest absolute Gasteiger partial charge is 0.251 e. The minimum absolute atomic E-state index is 0.0703. The molecule has 0 aliphatic carbocycles. The van der Waals surface area contributed by atoms with Crippen LogP contribution in [0.25, 0.3) is 0 Å². The van der Waals surface area contributed by atoms with Crippen molar-refractivity contribution in [3.63, 3.8) is 0 Å². The fourth-order valence-electron chi connectivity index (χ4n) is 3.26. The highest BCUT2D eigenvalue weighted by atomic mass is 16.5. The lowest BCUT2D eigenvalue weighted by Gasteiger charge is -2.35. The molecule has 0 aromatic heterocycles. The fraction of sp³-hybridized carbons (Fsp3) is 0.611. The van der Waals surface area contributed by atoms with Gasteiger partial charge in [-0.25, -0.2) is 0 Å². The number of carbonyl (C=O) groups excluding carboxylic acids is 1. The van der Waals surface area contributed by atoms with Crippen molar-refractivity contribution in [3.05, 3.63) is 29.8 Å². The molecule has 0 radical (unpaired) electrons. The predicted molar refractivity (Wildman–Crippen MR) is 88.9 cm³/mol. The Labute approximate surface area is 137 Å². The summed E-state index contributed by atoms with van der Waals surface area (Å²) in [4.78, 5) is 14.8. The van der Waals surface area contributed by atoms with Crippen LogP contribution in [0, 0.1) is 0 Å². The van der Waals surface area contributed by atoms with E-state index in [-0.39, 0.29) is 12.0 Å². The van der Waals surface area contributed by atoms with Crippen molar-refractivity contribution in [2.45, 2.75) is 38.3 Å². The first-order chi connectivity index (χ1) is 11.3. The minimum atomic E-state index is -0.0703. The topological polar surface area (TPSA) is 50.8 Å². The Hall–Kier alpha value is -1.59. The number of hydrogen-bond acceptors (Lipinski definition) is 4. The van der Waals surface area contributed by atoms with Gasteiger partial charge in [0.2, 0.25) is 0 Å². The summed E-state index contributed by atoms with van der Waals surface area (Å²) in [5.74, 6) is 0.674. The average molecular weight is 318 g/mol. The summed E-state index contributed by atoms with van der Waals surface area (Å²) in [5.41, 5.74) is 0.633. The zero-order valence-corrected chi connectivity index (χ0v) is 13.8. The van der Waals surface area contributed by atoms with Crippen LogP contribution in [0.2, 0.25) is 0 Å². The first kappa shape index (κ1) is 16.3. The van der Waals surface area contributed by atoms with Gasteiger partial charge in [-0.2, -0.15) is 0 Å². The van der Waals surface area contributed by atoms with Crippen molar-refractivity contribution in [2.75, 3.05) is 32.8 Å². The third kappa shape index (κ3) is 4.24. The Morgan fingerprint density at radius 1 is 1.48 bits per heavy atom. The van der Waals surface area contributed by atoms with Gasteiger partial charge in [0.05, 0.1) is 19.3 Å². The standard InChI is InChI=1S/C18H26N2O3/c1-2-9-22-16-7-3-5-14(10-16)18(21)19-11-17-12-20-8-4-6-15(20)13-23-17/h3,5,7,10,15,17H,2,4,6,8-9,11-13H2,1H3,(H,19,21). The molecule has 2 fully saturated rings. The summed E-state index contributed by atoms with van der Waals surface area (Å²) >= 11 is 0. The normalized spacial score (nSPS) is 24.2. The van der Waals surface area contributed by atoms with Gasteiger partial charge in [-0.3, -0.25) is 9.69 Å². The molecule has 0 spiro atoms. The number of nitrogens with zero attached hydrogens (tertiary/aromatic N) is 1. The van der Waals surface area contributed by atoms with Gasteiger partial charge in [0.15, 0.2) is 0 Å². The van der Waals surface area contributed by atoms with Crippen LogP contribution in [0.1, 0.15) is 36.5 Å². The van der Waals surface area contributed by atoms with Gasteiger partial charge in [-0.1, -0.05) is 13.0 Å². The van der Waals surface area contributed by atoms with E-state index < -0.39 is 0 Å². The summed E-state index contributed by atoms with van der Waals surface area (Å²) in [5, 5.41) is 2.99. The van der Waals surface area contributed by atoms with Gasteiger partial charge in [0.25, 0.3) is 5.91 Å². The van der Waals surface area contributed by atoms with Crippen LogP contribution in [-0.2, 0) is 4.74 Å². The number of amides is 1. The van der Waals surface area contributed by atoms with Crippen LogP contribution in [0.15, 0.2) is 24.3 Å². The van der Waals surface area contributed by atoms with Gasteiger partial charge in [0, 0.05) is 24.7 Å². The zero-order valence-electron chi connectivity index (χ0n) is 13.8. The van der Waals surface area contributed by atoms with Crippen LogP contribution >= 0.6 is 0 Å². The van der Waals surface area contributed by atoms with Crippen LogP contribution < -0.4 is 10.1 Å². The second kappa shape index (κ2) is 7.79. The number of morpholine rings is 1. The first-order valence-corrected chi connectivity index (χ1v) is 8.63. The fourth-order valence-corrected chi connectivity index (χ4v) is 3.26. The molecule has 5 heteroatoms. The average Bonchev–Trinajstić information content (AvgIpc) is 3.05. The Kier molecular flexibility index (Phi) is 5.51. The van der Waals surface area contributed by atoms with E-state index >= 15 is 0 Å². The molecular formula is C18H26N2O3. The first-order valence-electron chi connectivity index (χ1n) is 8.63. The molecule has 2 saturated heterocycles. The Morgan fingerprint density at radius 2 is 2.39 bits per heavy atom. The van der Waals surface area contributed by atoms with E-state index in [2.05, 4.69) is 17.1 Å². The SMILES string of the molecule is CCCOc1cccc(C(=O)NCC2CN3CCCC3CO2)c1. The lowest BCUT2D eigenvalue weighted by Crippen LogP contribution is -2.50. The molecule has 2 atom stereocenters. The maximum Gasteiger partial charge on any atom is 0.251 e. The van der Waals surface area contributed by atoms with Gasteiger partial charge >= 0.3 is 0 Å². The summed E-state index contributed by atoms with van der Waals surface area (Å²) in [6.07, 6.45) is 3.54. The molecule has 0 bridgehead atoms. The van der Waals surface area contributed by atoms with Crippen molar-refractivity contribution >= 4 is 5.91 Å². The van der Waals surface area contributed by atoms with E-state index in [1.807, 2.05) is 18.2 Å². The molecule has 2 aliphatic heterocycles. The highest BCUT2D eigenvalue weighted by Gasteiger charge is 2.32. The van der Waals surface area contributed by atoms with E-state index in [1.165, 1.54) is 12.8 Å². The quantitative estimate of drug-likeness (QED) is 0.872. The van der Waals surface area contributed by atoms with Crippen LogP contribution in [0.3, 0.4) is 0 Å². The molecule has 2 heterocycles. The number of carbonyl (C=O) groups is 1. The Morgan fingerprint density at radius 3 is 3.26 bits per heavy atom. The molecule has 5 nitrogen and oxygen atoms in total. The predicted octanol–water partition coefficient (Wildman–Crippen LogP) is 2.07. The highest BCUT2D eigenvalue weighted by Crippen LogP contribution is 2.22. The van der Waals surface area contributed by atoms with Crippen LogP contribution in [0.4, 0.5) is 0 Å². The van der Waals surface area contributed by atoms with Gasteiger partial charge in [-0.05, 0) is 44.0 Å². The molecule has 23 heavy (non-hydrogen) atoms. The van der Waals surface area contributed by atoms with E-state index in [0.29, 0.717) is 24.8 Å². The van der Waals surface area contributed by atoms with E-state index in [1.54, 1.807) is 6.07 Å². The Balaban J connectivity index is 1.49. The minimum Gasteiger partial charge on any atom is -0.494 e.